The fourth-order valence-corrected chi connectivity index (χ4v) is 17.9. The molecule has 24 rings (SSSR count). The highest BCUT2D eigenvalue weighted by Crippen LogP contribution is 2.52. The number of furan rings is 5. The summed E-state index contributed by atoms with van der Waals surface area (Å²) in [5.74, 6) is 4.91. The van der Waals surface area contributed by atoms with E-state index in [4.69, 9.17) is 39.9 Å². The minimum absolute atomic E-state index is 0.110. The zero-order valence-electron chi connectivity index (χ0n) is 98.3. The van der Waals surface area contributed by atoms with E-state index in [1.54, 1.807) is 43.4 Å². The number of fused-ring (bicyclic) bond motifs is 18. The highest BCUT2D eigenvalue weighted by molar-refractivity contribution is 6.14. The first-order valence-electron chi connectivity index (χ1n) is 54.6. The number of benzene rings is 5. The molecule has 0 saturated heterocycles. The second-order valence-corrected chi connectivity index (χ2v) is 33.5. The summed E-state index contributed by atoms with van der Waals surface area (Å²) in [7, 11) is 0. The lowest BCUT2D eigenvalue weighted by Gasteiger charge is -2.25. The summed E-state index contributed by atoms with van der Waals surface area (Å²) in [5, 5.41) is 8.69. The van der Waals surface area contributed by atoms with Crippen LogP contribution in [0.2, 0.25) is 0 Å². The Balaban J connectivity index is 0.000000140. The Kier molecular flexibility index (Phi) is 25.5. The Bertz CT molecular complexity index is 7900. The molecule has 2 unspecified atom stereocenters. The summed E-state index contributed by atoms with van der Waals surface area (Å²) in [5.41, 5.74) is 20.7. The molecule has 0 spiro atoms. The smallest absolute Gasteiger partial charge is 0.227 e. The van der Waals surface area contributed by atoms with Crippen molar-refractivity contribution in [2.75, 3.05) is 89.3 Å². The van der Waals surface area contributed by atoms with Crippen LogP contribution in [0.25, 0.3) is 99.2 Å². The average Bonchev–Trinajstić information content (AvgIpc) is 1.57. The van der Waals surface area contributed by atoms with Gasteiger partial charge in [-0.25, -0.2) is 64.8 Å². The van der Waals surface area contributed by atoms with Gasteiger partial charge in [0.25, 0.3) is 0 Å². The van der Waals surface area contributed by atoms with Gasteiger partial charge >= 0.3 is 0 Å². The topological polar surface area (TPSA) is 265 Å². The SMILES string of the molecule is CC.CC.CC.CC.CC.[2H]C(C)(C)N1CN(c2c(C)ccc3c2oc2nc(C)ccc23)c2cccnc21.[2H]C(C)(C)N1CN(c2c(C)ccc3c2oc2nc(C)ccc23)c2nccnc21.[2H]C([2H])([2H])C([2H])(C)N1CN(c2c(C)ccc3c2oc2nc(C)ccc23)c2cccnc21.[2H]C([2H])([2H])C([2H])(C)N1CN(c2c(C)ccc3cc(N=CC)oc23)c2nccnc21.[2H]C([2H])([2H])N1CN(c2c(C)ccc3c2oc2nc(C)ccc23)c2nccnc21. The van der Waals surface area contributed by atoms with Crippen molar-refractivity contribution >= 4 is 198 Å². The van der Waals surface area contributed by atoms with E-state index in [9.17, 15) is 0 Å². The van der Waals surface area contributed by atoms with E-state index in [1.807, 2.05) is 274 Å². The molecule has 28 heteroatoms. The predicted octanol–water partition coefficient (Wildman–Crippen LogP) is 29.0. The molecule has 5 aromatic carbocycles. The van der Waals surface area contributed by atoms with Crippen LogP contribution in [0, 0.1) is 62.3 Å². The number of anilines is 15. The Labute approximate surface area is 845 Å². The van der Waals surface area contributed by atoms with Gasteiger partial charge < -0.3 is 71.1 Å². The van der Waals surface area contributed by atoms with Gasteiger partial charge in [0.1, 0.15) is 0 Å². The molecule has 0 fully saturated rings. The van der Waals surface area contributed by atoms with Crippen LogP contribution in [0.1, 0.15) is 200 Å². The second kappa shape index (κ2) is 42.9. The summed E-state index contributed by atoms with van der Waals surface area (Å²) in [6.45, 7) is 43.9. The highest BCUT2D eigenvalue weighted by atomic mass is 16.4. The number of aliphatic imine (C=N–C) groups is 1. The number of pyridine rings is 6. The van der Waals surface area contributed by atoms with E-state index in [0.29, 0.717) is 93.7 Å². The van der Waals surface area contributed by atoms with Crippen molar-refractivity contribution in [3.05, 3.63) is 240 Å². The molecule has 2 atom stereocenters. The lowest BCUT2D eigenvalue weighted by atomic mass is 10.1. The summed E-state index contributed by atoms with van der Waals surface area (Å²) in [4.78, 5) is 76.1. The first kappa shape index (κ1) is 83.8. The molecule has 28 nitrogen and oxygen atoms in total. The lowest BCUT2D eigenvalue weighted by Crippen LogP contribution is -2.34. The maximum Gasteiger partial charge on any atom is 0.227 e. The van der Waals surface area contributed by atoms with Crippen molar-refractivity contribution in [2.45, 2.75) is 218 Å². The van der Waals surface area contributed by atoms with Gasteiger partial charge in [0.2, 0.25) is 28.7 Å². The van der Waals surface area contributed by atoms with Gasteiger partial charge in [0, 0.05) is 176 Å². The Morgan fingerprint density at radius 2 is 0.589 bits per heavy atom. The number of nitrogens with zero attached hydrogens (tertiary/aromatic N) is 23. The molecule has 0 bridgehead atoms. The van der Waals surface area contributed by atoms with Crippen LogP contribution in [0.4, 0.5) is 92.2 Å². The number of hydrogen-bond acceptors (Lipinski definition) is 28. The van der Waals surface area contributed by atoms with Gasteiger partial charge in [-0.1, -0.05) is 130 Å². The minimum Gasteiger partial charge on any atom is -0.436 e. The summed E-state index contributed by atoms with van der Waals surface area (Å²) < 4.78 is 136. The van der Waals surface area contributed by atoms with Crippen molar-refractivity contribution < 1.29 is 39.9 Å². The van der Waals surface area contributed by atoms with Crippen molar-refractivity contribution in [3.63, 3.8) is 0 Å². The molecule has 0 aliphatic carbocycles. The van der Waals surface area contributed by atoms with Gasteiger partial charge in [-0.2, -0.15) is 0 Å². The number of rotatable bonds is 10. The zero-order chi connectivity index (χ0) is 112. The zero-order valence-corrected chi connectivity index (χ0v) is 85.3. The van der Waals surface area contributed by atoms with Crippen molar-refractivity contribution in [1.29, 1.82) is 0 Å². The van der Waals surface area contributed by atoms with E-state index >= 15 is 0 Å². The fraction of sp³-hybridized carbons (Fsp3) is 0.336. The van der Waals surface area contributed by atoms with Crippen molar-refractivity contribution in [2.24, 2.45) is 4.99 Å². The van der Waals surface area contributed by atoms with Gasteiger partial charge in [-0.15, -0.1) is 0 Å². The van der Waals surface area contributed by atoms with E-state index in [2.05, 4.69) is 131 Å². The summed E-state index contributed by atoms with van der Waals surface area (Å²) >= 11 is 0. The molecule has 5 aliphatic heterocycles. The van der Waals surface area contributed by atoms with Gasteiger partial charge in [0.05, 0.1) is 78.6 Å². The fourth-order valence-electron chi connectivity index (χ4n) is 17.9. The number of aryl methyl sites for hydroxylation is 9. The van der Waals surface area contributed by atoms with E-state index in [0.717, 1.165) is 162 Å². The van der Waals surface area contributed by atoms with E-state index in [1.165, 1.54) is 40.9 Å². The average molecular weight is 1910 g/mol. The highest BCUT2D eigenvalue weighted by Gasteiger charge is 2.39. The van der Waals surface area contributed by atoms with Crippen molar-refractivity contribution in [1.82, 2.24) is 59.8 Å². The molecule has 19 aromatic rings. The third-order valence-corrected chi connectivity index (χ3v) is 24.2. The van der Waals surface area contributed by atoms with Crippen molar-refractivity contribution in [3.8, 4) is 0 Å². The summed E-state index contributed by atoms with van der Waals surface area (Å²) in [6.07, 6.45) is 14.5. The first-order valence-corrected chi connectivity index (χ1v) is 48.1. The molecule has 0 N–H and O–H groups in total. The van der Waals surface area contributed by atoms with Gasteiger partial charge in [0.15, 0.2) is 74.5 Å². The quantitative estimate of drug-likeness (QED) is 0.115. The molecule has 5 aliphatic rings. The van der Waals surface area contributed by atoms with Gasteiger partial charge in [-0.05, 0) is 225 Å². The first-order chi connectivity index (χ1) is 73.3. The Morgan fingerprint density at radius 1 is 0.305 bits per heavy atom. The second-order valence-electron chi connectivity index (χ2n) is 33.5. The maximum atomic E-state index is 8.65. The molecule has 0 saturated carbocycles. The van der Waals surface area contributed by atoms with Crippen LogP contribution in [-0.4, -0.2) is 130 Å². The molecule has 0 amide bonds. The van der Waals surface area contributed by atoms with Crippen LogP contribution < -0.4 is 49.0 Å². The molecular weight excluding hydrogens is 1760 g/mol. The Hall–Kier alpha value is -15.4. The third-order valence-electron chi connectivity index (χ3n) is 24.2. The third kappa shape index (κ3) is 18.8. The van der Waals surface area contributed by atoms with Crippen LogP contribution in [0.3, 0.4) is 0 Å². The van der Waals surface area contributed by atoms with Crippen LogP contribution >= 0.6 is 0 Å². The maximum absolute atomic E-state index is 8.65. The number of aromatic nitrogens is 12. The molecular formula is C113H133N23O5. The molecule has 0 radical (unpaired) electrons. The van der Waals surface area contributed by atoms with Gasteiger partial charge in [-0.3, -0.25) is 0 Å². The molecule has 730 valence electrons. The van der Waals surface area contributed by atoms with Crippen LogP contribution in [0.5, 0.6) is 0 Å². The monoisotopic (exact) mass is 1910 g/mol. The van der Waals surface area contributed by atoms with Crippen LogP contribution in [0.15, 0.2) is 216 Å². The van der Waals surface area contributed by atoms with E-state index in [-0.39, 0.29) is 20.0 Å². The predicted molar refractivity (Wildman–Crippen MR) is 584 cm³/mol. The van der Waals surface area contributed by atoms with Crippen LogP contribution in [-0.2, 0) is 0 Å². The molecule has 14 aromatic heterocycles. The molecule has 19 heterocycles. The largest absolute Gasteiger partial charge is 0.436 e. The Morgan fingerprint density at radius 3 is 0.936 bits per heavy atom. The summed E-state index contributed by atoms with van der Waals surface area (Å²) in [6, 6.07) is 40.6. The van der Waals surface area contributed by atoms with E-state index < -0.39 is 44.8 Å². The normalized spacial score (nSPS) is 15.8. The minimum atomic E-state index is -2.54. The standard InChI is InChI=1S/2C22H22N4O.C21H21N5O.C19H17N5O.C19H21N5O.5C2H6/c2*1-13(2)25-12-26(18-6-5-11-23-21(18)25)19-14(3)7-9-16-17-10-8-15(4)24-22(17)27-20(16)19;1-12(2)25-11-26(20-19(25)22-9-10-23-20)17-13(3)5-7-15-16-8-6-14(4)24-21(16)27-18(15)17;1-11-4-6-13-14-7-5-12(2)22-19(14)25-16(13)15(11)24-10-23(3)17-18(24)21-9-8-20-17;1-5-20-15-10-14-7-6-13(4)16(17(14)25-15)24-11-23(12(2)3)18-19(24)22-9-8-21-18;5*1-2/h2*5-11,13H,12H2,1-4H3;5-10,12H,11H2,1-4H3;4-9H,10H2,1-3H3;5-10,12H,11H2,1-4H3;5*1-2H3/i1D3,13D;13D;12D;3D3;2D3,12D;;;;;. The molecule has 141 heavy (non-hydrogen) atoms. The number of hydrogen-bond donors (Lipinski definition) is 0. The lowest BCUT2D eigenvalue weighted by molar-refractivity contribution is 0.624.